The monoisotopic (exact) mass is 651 g/mol. The minimum absolute atomic E-state index is 0.0104. The number of H-pyrrole nitrogens is 1. The van der Waals surface area contributed by atoms with Crippen LogP contribution < -0.4 is 10.9 Å². The SMILES string of the molecule is Cc1cc(C(Nc2ccc3cc[nH]c(=O)c3c2)C(=O)N(C)Cc2cc([N+](=O)[O-])ccc2-c2c(C)noc2C)ccc1[C@@H](C)CCC(=O)O. The van der Waals surface area contributed by atoms with E-state index in [-0.39, 0.29) is 36.0 Å². The lowest BCUT2D eigenvalue weighted by Gasteiger charge is -2.27. The average molecular weight is 652 g/mol. The Labute approximate surface area is 276 Å². The number of nitro benzene ring substituents is 1. The summed E-state index contributed by atoms with van der Waals surface area (Å²) in [6.07, 6.45) is 2.09. The number of carboxylic acid groups (broad SMARTS) is 1. The molecule has 12 heteroatoms. The first-order chi connectivity index (χ1) is 22.8. The molecule has 0 spiro atoms. The largest absolute Gasteiger partial charge is 0.481 e. The number of benzene rings is 3. The Kier molecular flexibility index (Phi) is 9.74. The smallest absolute Gasteiger partial charge is 0.303 e. The number of non-ortho nitro benzene ring substituents is 1. The molecule has 3 N–H and O–H groups in total. The van der Waals surface area contributed by atoms with Gasteiger partial charge in [-0.2, -0.15) is 0 Å². The van der Waals surface area contributed by atoms with Crippen LogP contribution in [0.15, 0.2) is 76.2 Å². The van der Waals surface area contributed by atoms with Crippen LogP contribution in [0.1, 0.15) is 65.4 Å². The van der Waals surface area contributed by atoms with Gasteiger partial charge < -0.3 is 24.8 Å². The Morgan fingerprint density at radius 1 is 1.08 bits per heavy atom. The number of aromatic nitrogens is 2. The van der Waals surface area contributed by atoms with Crippen LogP contribution in [0.3, 0.4) is 0 Å². The van der Waals surface area contributed by atoms with Crippen LogP contribution in [0.25, 0.3) is 21.9 Å². The molecule has 0 bridgehead atoms. The van der Waals surface area contributed by atoms with Gasteiger partial charge in [0.05, 0.1) is 10.6 Å². The number of aliphatic carboxylic acids is 1. The molecule has 1 unspecified atom stereocenters. The molecule has 5 aromatic rings. The number of fused-ring (bicyclic) bond motifs is 1. The maximum absolute atomic E-state index is 14.4. The number of nitrogens with zero attached hydrogens (tertiary/aromatic N) is 3. The highest BCUT2D eigenvalue weighted by Gasteiger charge is 2.27. The van der Waals surface area contributed by atoms with Gasteiger partial charge >= 0.3 is 5.97 Å². The molecule has 0 aliphatic heterocycles. The van der Waals surface area contributed by atoms with E-state index in [2.05, 4.69) is 15.5 Å². The van der Waals surface area contributed by atoms with Crippen LogP contribution in [0.2, 0.25) is 0 Å². The van der Waals surface area contributed by atoms with Crippen molar-refractivity contribution in [1.82, 2.24) is 15.0 Å². The third kappa shape index (κ3) is 7.12. The van der Waals surface area contributed by atoms with Crippen molar-refractivity contribution in [1.29, 1.82) is 0 Å². The fraction of sp³-hybridized carbons (Fsp3) is 0.278. The van der Waals surface area contributed by atoms with Crippen LogP contribution in [0.4, 0.5) is 11.4 Å². The second kappa shape index (κ2) is 13.9. The van der Waals surface area contributed by atoms with E-state index in [9.17, 15) is 24.5 Å². The fourth-order valence-electron chi connectivity index (χ4n) is 6.14. The molecule has 0 aliphatic carbocycles. The number of carbonyl (C=O) groups excluding carboxylic acids is 1. The topological polar surface area (TPSA) is 172 Å². The summed E-state index contributed by atoms with van der Waals surface area (Å²) in [6, 6.07) is 16.4. The number of hydrogen-bond donors (Lipinski definition) is 3. The lowest BCUT2D eigenvalue weighted by molar-refractivity contribution is -0.384. The number of carbonyl (C=O) groups is 2. The predicted octanol–water partition coefficient (Wildman–Crippen LogP) is 6.80. The second-order valence-electron chi connectivity index (χ2n) is 12.1. The average Bonchev–Trinajstić information content (AvgIpc) is 3.39. The van der Waals surface area contributed by atoms with Crippen molar-refractivity contribution in [2.45, 2.75) is 59.0 Å². The highest BCUT2D eigenvalue weighted by atomic mass is 16.6. The normalized spacial score (nSPS) is 12.4. The maximum atomic E-state index is 14.4. The minimum Gasteiger partial charge on any atom is -0.481 e. The van der Waals surface area contributed by atoms with Crippen LogP contribution in [0, 0.1) is 30.9 Å². The number of hydrogen-bond acceptors (Lipinski definition) is 8. The molecule has 0 saturated carbocycles. The molecule has 2 atom stereocenters. The molecule has 0 saturated heterocycles. The molecule has 12 nitrogen and oxygen atoms in total. The summed E-state index contributed by atoms with van der Waals surface area (Å²) in [6.45, 7) is 7.49. The molecule has 0 radical (unpaired) electrons. The zero-order valence-corrected chi connectivity index (χ0v) is 27.4. The van der Waals surface area contributed by atoms with E-state index < -0.39 is 16.9 Å². The molecule has 5 rings (SSSR count). The Hall–Kier alpha value is -5.78. The van der Waals surface area contributed by atoms with Gasteiger partial charge in [-0.15, -0.1) is 0 Å². The van der Waals surface area contributed by atoms with Crippen molar-refractivity contribution in [3.63, 3.8) is 0 Å². The number of likely N-dealkylation sites (N-methyl/N-ethyl adjacent to an activating group) is 1. The minimum atomic E-state index is -0.904. The third-order valence-corrected chi connectivity index (χ3v) is 8.67. The Balaban J connectivity index is 1.53. The van der Waals surface area contributed by atoms with E-state index in [4.69, 9.17) is 9.63 Å². The summed E-state index contributed by atoms with van der Waals surface area (Å²) in [4.78, 5) is 53.6. The summed E-state index contributed by atoms with van der Waals surface area (Å²) in [5, 5.41) is 29.5. The van der Waals surface area contributed by atoms with Gasteiger partial charge in [0.2, 0.25) is 5.91 Å². The summed E-state index contributed by atoms with van der Waals surface area (Å²) < 4.78 is 5.37. The first-order valence-corrected chi connectivity index (χ1v) is 15.5. The van der Waals surface area contributed by atoms with Gasteiger partial charge in [0.15, 0.2) is 0 Å². The first-order valence-electron chi connectivity index (χ1n) is 15.5. The van der Waals surface area contributed by atoms with Crippen molar-refractivity contribution < 1.29 is 24.1 Å². The van der Waals surface area contributed by atoms with Crippen molar-refractivity contribution in [2.24, 2.45) is 0 Å². The number of amides is 1. The Morgan fingerprint density at radius 3 is 2.52 bits per heavy atom. The highest BCUT2D eigenvalue weighted by molar-refractivity contribution is 5.89. The number of rotatable bonds is 12. The number of aryl methyl sites for hydroxylation is 3. The van der Waals surface area contributed by atoms with Crippen molar-refractivity contribution in [3.05, 3.63) is 121 Å². The lowest BCUT2D eigenvalue weighted by Crippen LogP contribution is -2.35. The van der Waals surface area contributed by atoms with Gasteiger partial charge in [0.25, 0.3) is 11.2 Å². The van der Waals surface area contributed by atoms with E-state index in [0.717, 1.165) is 16.5 Å². The third-order valence-electron chi connectivity index (χ3n) is 8.67. The molecule has 0 fully saturated rings. The van der Waals surface area contributed by atoms with Gasteiger partial charge in [-0.1, -0.05) is 36.3 Å². The molecular formula is C36H37N5O7. The molecule has 2 aromatic heterocycles. The van der Waals surface area contributed by atoms with Crippen LogP contribution in [-0.4, -0.2) is 44.0 Å². The molecule has 3 aromatic carbocycles. The van der Waals surface area contributed by atoms with E-state index >= 15 is 0 Å². The molecule has 48 heavy (non-hydrogen) atoms. The number of carboxylic acids is 1. The van der Waals surface area contributed by atoms with Gasteiger partial charge in [0, 0.05) is 55.0 Å². The van der Waals surface area contributed by atoms with Crippen molar-refractivity contribution in [3.8, 4) is 11.1 Å². The molecular weight excluding hydrogens is 614 g/mol. The van der Waals surface area contributed by atoms with E-state index in [1.165, 1.54) is 17.0 Å². The fourth-order valence-corrected chi connectivity index (χ4v) is 6.14. The number of anilines is 1. The molecule has 2 heterocycles. The first kappa shape index (κ1) is 33.6. The highest BCUT2D eigenvalue weighted by Crippen LogP contribution is 2.34. The van der Waals surface area contributed by atoms with Crippen LogP contribution in [-0.2, 0) is 16.1 Å². The number of nitrogens with one attached hydrogen (secondary N) is 2. The van der Waals surface area contributed by atoms with Crippen molar-refractivity contribution >= 4 is 34.0 Å². The zero-order valence-electron chi connectivity index (χ0n) is 27.4. The Bertz CT molecular complexity index is 2060. The van der Waals surface area contributed by atoms with E-state index in [1.807, 2.05) is 32.0 Å². The van der Waals surface area contributed by atoms with Crippen LogP contribution >= 0.6 is 0 Å². The standard InChI is InChI=1S/C36H37N5O7/c1-20(6-13-32(42)43)29-11-8-25(16-21(29)2)34(38-27-9-7-24-14-15-37-35(44)31(24)18-27)36(45)40(5)19-26-17-28(41(46)47)10-12-30(26)33-22(3)39-48-23(33)4/h7-12,14-18,20,34,38H,6,13,19H2,1-5H3,(H,37,44)(H,42,43)/t20-,34?/m0/s1. The molecule has 0 aliphatic rings. The van der Waals surface area contributed by atoms with Gasteiger partial charge in [-0.05, 0) is 90.6 Å². The number of aromatic amines is 1. The quantitative estimate of drug-likeness (QED) is 0.0969. The predicted molar refractivity (Wildman–Crippen MR) is 182 cm³/mol. The van der Waals surface area contributed by atoms with Gasteiger partial charge in [-0.25, -0.2) is 0 Å². The van der Waals surface area contributed by atoms with Gasteiger partial charge in [0.1, 0.15) is 11.8 Å². The number of nitro groups is 1. The van der Waals surface area contributed by atoms with Gasteiger partial charge in [-0.3, -0.25) is 24.5 Å². The van der Waals surface area contributed by atoms with Crippen LogP contribution in [0.5, 0.6) is 0 Å². The maximum Gasteiger partial charge on any atom is 0.303 e. The van der Waals surface area contributed by atoms with E-state index in [0.29, 0.717) is 51.2 Å². The lowest BCUT2D eigenvalue weighted by atomic mass is 9.90. The molecule has 1 amide bonds. The summed E-state index contributed by atoms with van der Waals surface area (Å²) in [5.74, 6) is -0.636. The molecule has 248 valence electrons. The zero-order chi connectivity index (χ0) is 34.7. The summed E-state index contributed by atoms with van der Waals surface area (Å²) in [7, 11) is 1.63. The summed E-state index contributed by atoms with van der Waals surface area (Å²) in [5.41, 5.74) is 5.27. The Morgan fingerprint density at radius 2 is 1.85 bits per heavy atom. The van der Waals surface area contributed by atoms with Crippen molar-refractivity contribution in [2.75, 3.05) is 12.4 Å². The number of pyridine rings is 1. The summed E-state index contributed by atoms with van der Waals surface area (Å²) >= 11 is 0. The van der Waals surface area contributed by atoms with E-state index in [1.54, 1.807) is 57.4 Å². The second-order valence-corrected chi connectivity index (χ2v) is 12.1.